The van der Waals surface area contributed by atoms with Gasteiger partial charge in [-0.1, -0.05) is 0 Å². The highest BCUT2D eigenvalue weighted by Crippen LogP contribution is 2.02. The Kier molecular flexibility index (Phi) is 2.82. The number of nitrogens with zero attached hydrogens (tertiary/aromatic N) is 1. The Bertz CT molecular complexity index is 407. The van der Waals surface area contributed by atoms with Crippen molar-refractivity contribution in [2.75, 3.05) is 26.3 Å². The second kappa shape index (κ2) is 4.27. The number of aromatic amines is 1. The minimum atomic E-state index is -0.339. The van der Waals surface area contributed by atoms with Crippen molar-refractivity contribution < 1.29 is 9.53 Å². The van der Waals surface area contributed by atoms with Gasteiger partial charge in [0.25, 0.3) is 11.5 Å². The molecule has 0 aliphatic carbocycles. The topological polar surface area (TPSA) is 62.4 Å². The van der Waals surface area contributed by atoms with Gasteiger partial charge < -0.3 is 14.6 Å². The van der Waals surface area contributed by atoms with Gasteiger partial charge >= 0.3 is 0 Å². The second-order valence-electron chi connectivity index (χ2n) is 3.32. The van der Waals surface area contributed by atoms with Crippen LogP contribution in [0.25, 0.3) is 0 Å². The van der Waals surface area contributed by atoms with Crippen molar-refractivity contribution in [1.82, 2.24) is 9.88 Å². The van der Waals surface area contributed by atoms with E-state index in [-0.39, 0.29) is 17.0 Å². The molecular weight excluding hydrogens is 196 g/mol. The van der Waals surface area contributed by atoms with E-state index in [1.165, 1.54) is 12.3 Å². The minimum Gasteiger partial charge on any atom is -0.378 e. The number of amides is 1. The number of nitrogens with one attached hydrogen (secondary N) is 1. The second-order valence-corrected chi connectivity index (χ2v) is 3.32. The molecule has 1 aromatic heterocycles. The van der Waals surface area contributed by atoms with Gasteiger partial charge in [-0.05, 0) is 12.1 Å². The van der Waals surface area contributed by atoms with Crippen LogP contribution in [-0.4, -0.2) is 42.1 Å². The Morgan fingerprint density at radius 3 is 2.80 bits per heavy atom. The number of pyridine rings is 1. The fourth-order valence-electron chi connectivity index (χ4n) is 1.53. The molecule has 2 rings (SSSR count). The number of rotatable bonds is 1. The molecule has 0 unspecified atom stereocenters. The maximum Gasteiger partial charge on any atom is 0.260 e. The van der Waals surface area contributed by atoms with Crippen LogP contribution in [0.3, 0.4) is 0 Å². The summed E-state index contributed by atoms with van der Waals surface area (Å²) in [6.45, 7) is 2.17. The summed E-state index contributed by atoms with van der Waals surface area (Å²) in [5.41, 5.74) is -0.145. The molecule has 0 bridgehead atoms. The van der Waals surface area contributed by atoms with Crippen molar-refractivity contribution in [3.8, 4) is 0 Å². The summed E-state index contributed by atoms with van der Waals surface area (Å²) < 4.78 is 5.14. The monoisotopic (exact) mass is 208 g/mol. The number of carbonyl (C=O) groups is 1. The van der Waals surface area contributed by atoms with Crippen LogP contribution in [0.15, 0.2) is 23.1 Å². The van der Waals surface area contributed by atoms with E-state index in [0.29, 0.717) is 26.3 Å². The van der Waals surface area contributed by atoms with Gasteiger partial charge in [-0.15, -0.1) is 0 Å². The van der Waals surface area contributed by atoms with Gasteiger partial charge in [0.2, 0.25) is 0 Å². The van der Waals surface area contributed by atoms with Gasteiger partial charge in [0.05, 0.1) is 13.2 Å². The molecule has 5 nitrogen and oxygen atoms in total. The molecule has 0 saturated carbocycles. The van der Waals surface area contributed by atoms with Crippen LogP contribution in [0, 0.1) is 0 Å². The number of hydrogen-bond donors (Lipinski definition) is 1. The number of hydrogen-bond acceptors (Lipinski definition) is 3. The van der Waals surface area contributed by atoms with E-state index >= 15 is 0 Å². The third-order valence-corrected chi connectivity index (χ3v) is 2.35. The molecule has 2 heterocycles. The fraction of sp³-hybridized carbons (Fsp3) is 0.400. The summed E-state index contributed by atoms with van der Waals surface area (Å²) in [6.07, 6.45) is 1.51. The molecule has 5 heteroatoms. The molecule has 1 fully saturated rings. The number of ether oxygens (including phenoxy) is 1. The number of aromatic nitrogens is 1. The SMILES string of the molecule is O=C(c1ccc[nH]c1=O)N1CCOCC1. The minimum absolute atomic E-state index is 0.194. The molecule has 0 radical (unpaired) electrons. The van der Waals surface area contributed by atoms with Gasteiger partial charge in [-0.3, -0.25) is 9.59 Å². The van der Waals surface area contributed by atoms with Crippen molar-refractivity contribution in [3.63, 3.8) is 0 Å². The van der Waals surface area contributed by atoms with E-state index in [9.17, 15) is 9.59 Å². The average Bonchev–Trinajstić information content (AvgIpc) is 2.30. The first kappa shape index (κ1) is 9.92. The highest BCUT2D eigenvalue weighted by molar-refractivity contribution is 5.93. The third-order valence-electron chi connectivity index (χ3n) is 2.35. The first-order chi connectivity index (χ1) is 7.29. The molecule has 1 aliphatic rings. The van der Waals surface area contributed by atoms with Crippen LogP contribution in [-0.2, 0) is 4.74 Å². The molecule has 15 heavy (non-hydrogen) atoms. The van der Waals surface area contributed by atoms with E-state index in [4.69, 9.17) is 4.74 Å². The molecule has 1 saturated heterocycles. The molecule has 0 aromatic carbocycles. The Morgan fingerprint density at radius 2 is 2.13 bits per heavy atom. The van der Waals surface area contributed by atoms with Gasteiger partial charge in [0, 0.05) is 19.3 Å². The highest BCUT2D eigenvalue weighted by Gasteiger charge is 2.20. The van der Waals surface area contributed by atoms with Crippen LogP contribution in [0.4, 0.5) is 0 Å². The molecule has 1 amide bonds. The van der Waals surface area contributed by atoms with E-state index < -0.39 is 0 Å². The zero-order valence-electron chi connectivity index (χ0n) is 8.23. The quantitative estimate of drug-likeness (QED) is 0.698. The number of H-pyrrole nitrogens is 1. The Hall–Kier alpha value is -1.62. The lowest BCUT2D eigenvalue weighted by Crippen LogP contribution is -2.42. The maximum absolute atomic E-state index is 11.9. The summed E-state index contributed by atoms with van der Waals surface area (Å²) in [6, 6.07) is 3.19. The van der Waals surface area contributed by atoms with Crippen molar-refractivity contribution >= 4 is 5.91 Å². The van der Waals surface area contributed by atoms with Gasteiger partial charge in [0.1, 0.15) is 5.56 Å². The molecule has 0 spiro atoms. The van der Waals surface area contributed by atoms with E-state index in [1.54, 1.807) is 11.0 Å². The Balaban J connectivity index is 2.20. The van der Waals surface area contributed by atoms with Gasteiger partial charge in [0.15, 0.2) is 0 Å². The zero-order chi connectivity index (χ0) is 10.7. The smallest absolute Gasteiger partial charge is 0.260 e. The van der Waals surface area contributed by atoms with Gasteiger partial charge in [-0.2, -0.15) is 0 Å². The average molecular weight is 208 g/mol. The Labute approximate surface area is 86.7 Å². The first-order valence-electron chi connectivity index (χ1n) is 4.84. The third kappa shape index (κ3) is 2.07. The van der Waals surface area contributed by atoms with Crippen molar-refractivity contribution in [2.24, 2.45) is 0 Å². The molecule has 1 aromatic rings. The Morgan fingerprint density at radius 1 is 1.40 bits per heavy atom. The van der Waals surface area contributed by atoms with Crippen LogP contribution in [0.2, 0.25) is 0 Å². The van der Waals surface area contributed by atoms with Crippen molar-refractivity contribution in [3.05, 3.63) is 34.2 Å². The maximum atomic E-state index is 11.9. The van der Waals surface area contributed by atoms with Crippen LogP contribution in [0.5, 0.6) is 0 Å². The van der Waals surface area contributed by atoms with Crippen LogP contribution in [0.1, 0.15) is 10.4 Å². The lowest BCUT2D eigenvalue weighted by molar-refractivity contribution is 0.0301. The summed E-state index contributed by atoms with van der Waals surface area (Å²) in [7, 11) is 0. The standard InChI is InChI=1S/C10H12N2O3/c13-9-8(2-1-3-11-9)10(14)12-4-6-15-7-5-12/h1-3H,4-7H2,(H,11,13). The zero-order valence-corrected chi connectivity index (χ0v) is 8.23. The van der Waals surface area contributed by atoms with Gasteiger partial charge in [-0.25, -0.2) is 0 Å². The lowest BCUT2D eigenvalue weighted by Gasteiger charge is -2.26. The molecule has 1 aliphatic heterocycles. The predicted octanol–water partition coefficient (Wildman–Crippen LogP) is -0.153. The van der Waals surface area contributed by atoms with Crippen LogP contribution < -0.4 is 5.56 Å². The predicted molar refractivity (Wildman–Crippen MR) is 53.8 cm³/mol. The normalized spacial score (nSPS) is 16.4. The lowest BCUT2D eigenvalue weighted by atomic mass is 10.2. The summed E-state index contributed by atoms with van der Waals surface area (Å²) in [5.74, 6) is -0.222. The molecule has 1 N–H and O–H groups in total. The summed E-state index contributed by atoms with van der Waals surface area (Å²) in [5, 5.41) is 0. The van der Waals surface area contributed by atoms with E-state index in [1.807, 2.05) is 0 Å². The van der Waals surface area contributed by atoms with E-state index in [2.05, 4.69) is 4.98 Å². The van der Waals surface area contributed by atoms with Crippen LogP contribution >= 0.6 is 0 Å². The summed E-state index contributed by atoms with van der Waals surface area (Å²) in [4.78, 5) is 27.4. The fourth-order valence-corrected chi connectivity index (χ4v) is 1.53. The molecule has 80 valence electrons. The number of morpholine rings is 1. The summed E-state index contributed by atoms with van der Waals surface area (Å²) >= 11 is 0. The molecule has 0 atom stereocenters. The largest absolute Gasteiger partial charge is 0.378 e. The number of carbonyl (C=O) groups excluding carboxylic acids is 1. The first-order valence-corrected chi connectivity index (χ1v) is 4.84. The van der Waals surface area contributed by atoms with Crippen molar-refractivity contribution in [2.45, 2.75) is 0 Å². The van der Waals surface area contributed by atoms with Crippen molar-refractivity contribution in [1.29, 1.82) is 0 Å². The van der Waals surface area contributed by atoms with E-state index in [0.717, 1.165) is 0 Å². The molecular formula is C10H12N2O3. The highest BCUT2D eigenvalue weighted by atomic mass is 16.5.